The van der Waals surface area contributed by atoms with Crippen LogP contribution in [-0.4, -0.2) is 31.3 Å². The monoisotopic (exact) mass is 478 g/mol. The summed E-state index contributed by atoms with van der Waals surface area (Å²) in [6, 6.07) is 13.8. The summed E-state index contributed by atoms with van der Waals surface area (Å²) in [7, 11) is 0. The molecule has 0 radical (unpaired) electrons. The number of carbonyl (C=O) groups excluding carboxylic acids is 1. The van der Waals surface area contributed by atoms with Crippen molar-refractivity contribution in [1.29, 1.82) is 0 Å². The van der Waals surface area contributed by atoms with Crippen molar-refractivity contribution in [3.8, 4) is 0 Å². The number of benzene rings is 2. The molecule has 5 nitrogen and oxygen atoms in total. The molecule has 0 fully saturated rings. The summed E-state index contributed by atoms with van der Waals surface area (Å²) in [5.41, 5.74) is 6.79. The van der Waals surface area contributed by atoms with Crippen LogP contribution in [0.1, 0.15) is 31.9 Å². The second-order valence-corrected chi connectivity index (χ2v) is 7.57. The minimum atomic E-state index is -0.383. The Labute approximate surface area is 175 Å². The SMILES string of the molecule is CCN(CC)c1ccc(/C=N\NC(=O)[C@@H](C)Nc2ccc(I)cc2C)cc1. The molecule has 0 aromatic heterocycles. The first-order valence-corrected chi connectivity index (χ1v) is 10.2. The van der Waals surface area contributed by atoms with Crippen LogP contribution in [0.4, 0.5) is 11.4 Å². The summed E-state index contributed by atoms with van der Waals surface area (Å²) in [6.45, 7) is 10.1. The molecule has 6 heteroatoms. The van der Waals surface area contributed by atoms with E-state index in [1.165, 1.54) is 9.26 Å². The highest BCUT2D eigenvalue weighted by Gasteiger charge is 2.12. The maximum Gasteiger partial charge on any atom is 0.262 e. The van der Waals surface area contributed by atoms with Crippen LogP contribution in [0.15, 0.2) is 47.6 Å². The molecule has 27 heavy (non-hydrogen) atoms. The molecule has 144 valence electrons. The van der Waals surface area contributed by atoms with Gasteiger partial charge in [0.05, 0.1) is 6.21 Å². The van der Waals surface area contributed by atoms with Gasteiger partial charge in [0.15, 0.2) is 0 Å². The van der Waals surface area contributed by atoms with E-state index < -0.39 is 0 Å². The Morgan fingerprint density at radius 3 is 2.44 bits per heavy atom. The van der Waals surface area contributed by atoms with E-state index in [1.807, 2.05) is 38.1 Å². The Hall–Kier alpha value is -2.09. The van der Waals surface area contributed by atoms with Gasteiger partial charge in [-0.1, -0.05) is 12.1 Å². The van der Waals surface area contributed by atoms with E-state index in [2.05, 4.69) is 75.4 Å². The van der Waals surface area contributed by atoms with Crippen molar-refractivity contribution in [3.05, 3.63) is 57.2 Å². The van der Waals surface area contributed by atoms with E-state index in [9.17, 15) is 4.79 Å². The van der Waals surface area contributed by atoms with Crippen molar-refractivity contribution in [3.63, 3.8) is 0 Å². The molecule has 0 aliphatic carbocycles. The van der Waals surface area contributed by atoms with Crippen molar-refractivity contribution in [2.45, 2.75) is 33.7 Å². The fourth-order valence-electron chi connectivity index (χ4n) is 2.72. The molecule has 0 unspecified atom stereocenters. The summed E-state index contributed by atoms with van der Waals surface area (Å²) in [4.78, 5) is 14.5. The van der Waals surface area contributed by atoms with Crippen LogP contribution >= 0.6 is 22.6 Å². The quantitative estimate of drug-likeness (QED) is 0.336. The molecule has 2 aromatic rings. The highest BCUT2D eigenvalue weighted by atomic mass is 127. The zero-order valence-electron chi connectivity index (χ0n) is 16.3. The smallest absolute Gasteiger partial charge is 0.262 e. The first kappa shape index (κ1) is 21.2. The molecule has 2 aromatic carbocycles. The standard InChI is InChI=1S/C21H27IN4O/c1-5-26(6-2)19-10-7-17(8-11-19)14-23-25-21(27)16(4)24-20-12-9-18(22)13-15(20)3/h7-14,16,24H,5-6H2,1-4H3,(H,25,27)/b23-14-/t16-/m1/s1. The number of halogens is 1. The number of rotatable bonds is 8. The van der Waals surface area contributed by atoms with Crippen molar-refractivity contribution in [2.75, 3.05) is 23.3 Å². The molecule has 0 aliphatic rings. The lowest BCUT2D eigenvalue weighted by Gasteiger charge is -2.20. The Balaban J connectivity index is 1.90. The molecule has 0 saturated carbocycles. The van der Waals surface area contributed by atoms with Crippen molar-refractivity contribution < 1.29 is 4.79 Å². The van der Waals surface area contributed by atoms with E-state index in [0.29, 0.717) is 0 Å². The van der Waals surface area contributed by atoms with Gasteiger partial charge in [0, 0.05) is 28.0 Å². The number of anilines is 2. The van der Waals surface area contributed by atoms with Gasteiger partial charge in [-0.25, -0.2) is 5.43 Å². The average molecular weight is 478 g/mol. The highest BCUT2D eigenvalue weighted by molar-refractivity contribution is 14.1. The molecule has 0 heterocycles. The third kappa shape index (κ3) is 6.23. The van der Waals surface area contributed by atoms with Crippen LogP contribution in [0.25, 0.3) is 0 Å². The van der Waals surface area contributed by atoms with Crippen LogP contribution in [0.2, 0.25) is 0 Å². The number of hydrogen-bond acceptors (Lipinski definition) is 4. The Bertz CT molecular complexity index is 785. The lowest BCUT2D eigenvalue weighted by Crippen LogP contribution is -2.35. The lowest BCUT2D eigenvalue weighted by molar-refractivity contribution is -0.121. The molecule has 0 bridgehead atoms. The fraction of sp³-hybridized carbons (Fsp3) is 0.333. The molecule has 1 amide bonds. The number of hydrogen-bond donors (Lipinski definition) is 2. The predicted molar refractivity (Wildman–Crippen MR) is 123 cm³/mol. The zero-order valence-corrected chi connectivity index (χ0v) is 18.4. The second kappa shape index (κ2) is 10.3. The summed E-state index contributed by atoms with van der Waals surface area (Å²) in [5, 5.41) is 7.30. The molecule has 0 aliphatic heterocycles. The van der Waals surface area contributed by atoms with E-state index in [-0.39, 0.29) is 11.9 Å². The maximum atomic E-state index is 12.2. The number of aryl methyl sites for hydroxylation is 1. The van der Waals surface area contributed by atoms with Gasteiger partial charge in [0.25, 0.3) is 5.91 Å². The van der Waals surface area contributed by atoms with Gasteiger partial charge in [-0.15, -0.1) is 0 Å². The lowest BCUT2D eigenvalue weighted by atomic mass is 10.2. The summed E-state index contributed by atoms with van der Waals surface area (Å²) >= 11 is 2.27. The normalized spacial score (nSPS) is 12.0. The first-order valence-electron chi connectivity index (χ1n) is 9.15. The third-order valence-electron chi connectivity index (χ3n) is 4.36. The van der Waals surface area contributed by atoms with E-state index in [4.69, 9.17) is 0 Å². The molecular formula is C21H27IN4O. The number of nitrogens with one attached hydrogen (secondary N) is 2. The topological polar surface area (TPSA) is 56.7 Å². The fourth-order valence-corrected chi connectivity index (χ4v) is 3.36. The number of amides is 1. The second-order valence-electron chi connectivity index (χ2n) is 6.32. The Morgan fingerprint density at radius 1 is 1.19 bits per heavy atom. The summed E-state index contributed by atoms with van der Waals surface area (Å²) in [5.74, 6) is -0.177. The molecule has 0 spiro atoms. The Morgan fingerprint density at radius 2 is 1.85 bits per heavy atom. The van der Waals surface area contributed by atoms with Gasteiger partial charge in [0.1, 0.15) is 6.04 Å². The van der Waals surface area contributed by atoms with Gasteiger partial charge in [-0.3, -0.25) is 4.79 Å². The molecule has 2 rings (SSSR count). The van der Waals surface area contributed by atoms with E-state index >= 15 is 0 Å². The van der Waals surface area contributed by atoms with Gasteiger partial charge >= 0.3 is 0 Å². The van der Waals surface area contributed by atoms with Crippen LogP contribution < -0.4 is 15.6 Å². The number of hydrazone groups is 1. The highest BCUT2D eigenvalue weighted by Crippen LogP contribution is 2.18. The average Bonchev–Trinajstić information content (AvgIpc) is 2.66. The van der Waals surface area contributed by atoms with Crippen molar-refractivity contribution >= 4 is 46.1 Å². The molecule has 1 atom stereocenters. The van der Waals surface area contributed by atoms with Crippen molar-refractivity contribution in [1.82, 2.24) is 5.43 Å². The van der Waals surface area contributed by atoms with Crippen LogP contribution in [0.3, 0.4) is 0 Å². The van der Waals surface area contributed by atoms with E-state index in [0.717, 1.165) is 29.9 Å². The predicted octanol–water partition coefficient (Wildman–Crippen LogP) is 4.40. The Kier molecular flexibility index (Phi) is 8.09. The largest absolute Gasteiger partial charge is 0.374 e. The minimum Gasteiger partial charge on any atom is -0.374 e. The molecule has 0 saturated heterocycles. The summed E-state index contributed by atoms with van der Waals surface area (Å²) in [6.07, 6.45) is 1.66. The van der Waals surface area contributed by atoms with Gasteiger partial charge in [-0.05, 0) is 91.7 Å². The number of carbonyl (C=O) groups is 1. The third-order valence-corrected chi connectivity index (χ3v) is 5.03. The van der Waals surface area contributed by atoms with Crippen LogP contribution in [0, 0.1) is 10.5 Å². The number of nitrogens with zero attached hydrogens (tertiary/aromatic N) is 2. The summed E-state index contributed by atoms with van der Waals surface area (Å²) < 4.78 is 1.17. The first-order chi connectivity index (χ1) is 12.9. The zero-order chi connectivity index (χ0) is 19.8. The molecule has 2 N–H and O–H groups in total. The molecular weight excluding hydrogens is 451 g/mol. The van der Waals surface area contributed by atoms with Crippen LogP contribution in [-0.2, 0) is 4.79 Å². The minimum absolute atomic E-state index is 0.177. The van der Waals surface area contributed by atoms with Crippen molar-refractivity contribution in [2.24, 2.45) is 5.10 Å². The van der Waals surface area contributed by atoms with Gasteiger partial charge < -0.3 is 10.2 Å². The maximum absolute atomic E-state index is 12.2. The van der Waals surface area contributed by atoms with Gasteiger partial charge in [-0.2, -0.15) is 5.10 Å². The van der Waals surface area contributed by atoms with E-state index in [1.54, 1.807) is 6.21 Å². The van der Waals surface area contributed by atoms with Gasteiger partial charge in [0.2, 0.25) is 0 Å². The van der Waals surface area contributed by atoms with Crippen LogP contribution in [0.5, 0.6) is 0 Å².